The molecule has 1 saturated heterocycles. The summed E-state index contributed by atoms with van der Waals surface area (Å²) in [6.07, 6.45) is 1.88. The van der Waals surface area contributed by atoms with Crippen molar-refractivity contribution in [3.8, 4) is 0 Å². The predicted octanol–water partition coefficient (Wildman–Crippen LogP) is 3.24. The van der Waals surface area contributed by atoms with Crippen LogP contribution in [0, 0.1) is 5.41 Å². The van der Waals surface area contributed by atoms with E-state index in [9.17, 15) is 5.11 Å². The van der Waals surface area contributed by atoms with Crippen LogP contribution in [0.3, 0.4) is 0 Å². The molecule has 1 aromatic rings. The van der Waals surface area contributed by atoms with Crippen molar-refractivity contribution >= 4 is 11.8 Å². The largest absolute Gasteiger partial charge is 0.396 e. The lowest BCUT2D eigenvalue weighted by molar-refractivity contribution is -0.0163. The molecule has 0 saturated carbocycles. The fourth-order valence-electron chi connectivity index (χ4n) is 2.80. The first kappa shape index (κ1) is 16.8. The fourth-order valence-corrected chi connectivity index (χ4v) is 3.70. The average Bonchev–Trinajstić information content (AvgIpc) is 2.54. The minimum atomic E-state index is -0.0145. The molecule has 3 nitrogen and oxygen atoms in total. The number of aliphatic hydroxyl groups is 1. The van der Waals surface area contributed by atoms with Gasteiger partial charge >= 0.3 is 0 Å². The number of thioether (sulfide) groups is 1. The Kier molecular flexibility index (Phi) is 6.55. The van der Waals surface area contributed by atoms with Gasteiger partial charge in [-0.1, -0.05) is 25.1 Å². The van der Waals surface area contributed by atoms with Gasteiger partial charge in [-0.3, -0.25) is 0 Å². The molecule has 1 fully saturated rings. The zero-order valence-corrected chi connectivity index (χ0v) is 13.9. The standard InChI is InChI=1S/C17H27NO2S/c1-3-21-16-7-5-4-6-15(16)14(2)18-12-17(13-19)8-10-20-11-9-17/h4-7,14,18-19H,3,8-13H2,1-2H3. The highest BCUT2D eigenvalue weighted by Gasteiger charge is 2.32. The Bertz CT molecular complexity index is 433. The van der Waals surface area contributed by atoms with Gasteiger partial charge in [-0.05, 0) is 37.1 Å². The van der Waals surface area contributed by atoms with Crippen LogP contribution in [0.1, 0.15) is 38.3 Å². The van der Waals surface area contributed by atoms with E-state index < -0.39 is 0 Å². The van der Waals surface area contributed by atoms with Crippen LogP contribution in [0.4, 0.5) is 0 Å². The fraction of sp³-hybridized carbons (Fsp3) is 0.647. The Balaban J connectivity index is 1.99. The van der Waals surface area contributed by atoms with Crippen molar-refractivity contribution in [3.05, 3.63) is 29.8 Å². The lowest BCUT2D eigenvalue weighted by Crippen LogP contribution is -2.42. The van der Waals surface area contributed by atoms with Gasteiger partial charge in [-0.2, -0.15) is 0 Å². The Morgan fingerprint density at radius 1 is 1.33 bits per heavy atom. The number of hydrogen-bond acceptors (Lipinski definition) is 4. The van der Waals surface area contributed by atoms with Crippen molar-refractivity contribution in [3.63, 3.8) is 0 Å². The molecule has 0 aliphatic carbocycles. The Morgan fingerprint density at radius 3 is 2.71 bits per heavy atom. The van der Waals surface area contributed by atoms with E-state index in [4.69, 9.17) is 4.74 Å². The van der Waals surface area contributed by atoms with Gasteiger partial charge < -0.3 is 15.2 Å². The predicted molar refractivity (Wildman–Crippen MR) is 88.8 cm³/mol. The first-order valence-corrected chi connectivity index (χ1v) is 8.83. The van der Waals surface area contributed by atoms with Crippen LogP contribution in [0.25, 0.3) is 0 Å². The summed E-state index contributed by atoms with van der Waals surface area (Å²) < 4.78 is 5.43. The smallest absolute Gasteiger partial charge is 0.0501 e. The monoisotopic (exact) mass is 309 g/mol. The molecule has 1 aliphatic heterocycles. The van der Waals surface area contributed by atoms with Crippen LogP contribution in [0.2, 0.25) is 0 Å². The van der Waals surface area contributed by atoms with Crippen molar-refractivity contribution in [2.45, 2.75) is 37.6 Å². The summed E-state index contributed by atoms with van der Waals surface area (Å²) in [7, 11) is 0. The Labute approximate surface area is 132 Å². The third-order valence-electron chi connectivity index (χ3n) is 4.36. The van der Waals surface area contributed by atoms with E-state index in [0.717, 1.165) is 38.4 Å². The van der Waals surface area contributed by atoms with Crippen molar-refractivity contribution < 1.29 is 9.84 Å². The van der Waals surface area contributed by atoms with Crippen molar-refractivity contribution in [1.29, 1.82) is 0 Å². The lowest BCUT2D eigenvalue weighted by Gasteiger charge is -2.36. The maximum absolute atomic E-state index is 9.76. The highest BCUT2D eigenvalue weighted by atomic mass is 32.2. The van der Waals surface area contributed by atoms with Crippen LogP contribution in [0.5, 0.6) is 0 Å². The van der Waals surface area contributed by atoms with E-state index in [1.165, 1.54) is 10.5 Å². The summed E-state index contributed by atoms with van der Waals surface area (Å²) in [5.41, 5.74) is 1.34. The maximum atomic E-state index is 9.76. The van der Waals surface area contributed by atoms with Crippen molar-refractivity contribution in [2.75, 3.05) is 32.1 Å². The molecule has 0 radical (unpaired) electrons. The molecule has 4 heteroatoms. The van der Waals surface area contributed by atoms with Gasteiger partial charge in [0.25, 0.3) is 0 Å². The normalized spacial score (nSPS) is 19.4. The molecular weight excluding hydrogens is 282 g/mol. The molecule has 0 aromatic heterocycles. The summed E-state index contributed by atoms with van der Waals surface area (Å²) in [5, 5.41) is 13.4. The SMILES string of the molecule is CCSc1ccccc1C(C)NCC1(CO)CCOCC1. The number of benzene rings is 1. The van der Waals surface area contributed by atoms with Crippen LogP contribution in [-0.4, -0.2) is 37.2 Å². The molecule has 2 rings (SSSR count). The highest BCUT2D eigenvalue weighted by Crippen LogP contribution is 2.31. The second-order valence-corrected chi connectivity index (χ2v) is 7.15. The Morgan fingerprint density at radius 2 is 2.05 bits per heavy atom. The third-order valence-corrected chi connectivity index (χ3v) is 5.33. The van der Waals surface area contributed by atoms with Crippen LogP contribution in [0.15, 0.2) is 29.2 Å². The molecule has 118 valence electrons. The number of aliphatic hydroxyl groups excluding tert-OH is 1. The molecule has 0 bridgehead atoms. The summed E-state index contributed by atoms with van der Waals surface area (Å²) in [4.78, 5) is 1.35. The van der Waals surface area contributed by atoms with Gasteiger partial charge in [-0.15, -0.1) is 11.8 Å². The zero-order chi connectivity index (χ0) is 15.1. The van der Waals surface area contributed by atoms with E-state index in [-0.39, 0.29) is 12.0 Å². The van der Waals surface area contributed by atoms with E-state index in [1.807, 2.05) is 11.8 Å². The molecule has 2 N–H and O–H groups in total. The molecule has 0 amide bonds. The van der Waals surface area contributed by atoms with Crippen LogP contribution >= 0.6 is 11.8 Å². The molecule has 1 aromatic carbocycles. The maximum Gasteiger partial charge on any atom is 0.0501 e. The van der Waals surface area contributed by atoms with E-state index in [2.05, 4.69) is 43.4 Å². The molecule has 0 spiro atoms. The molecule has 1 heterocycles. The lowest BCUT2D eigenvalue weighted by atomic mass is 9.80. The first-order chi connectivity index (χ1) is 10.2. The summed E-state index contributed by atoms with van der Waals surface area (Å²) in [6, 6.07) is 8.89. The molecular formula is C17H27NO2S. The number of hydrogen-bond donors (Lipinski definition) is 2. The number of nitrogens with one attached hydrogen (secondary N) is 1. The topological polar surface area (TPSA) is 41.5 Å². The van der Waals surface area contributed by atoms with Crippen molar-refractivity contribution in [2.24, 2.45) is 5.41 Å². The quantitative estimate of drug-likeness (QED) is 0.759. The molecule has 1 aliphatic rings. The van der Waals surface area contributed by atoms with Crippen LogP contribution < -0.4 is 5.32 Å². The van der Waals surface area contributed by atoms with Gasteiger partial charge in [-0.25, -0.2) is 0 Å². The third kappa shape index (κ3) is 4.46. The minimum Gasteiger partial charge on any atom is -0.396 e. The molecule has 1 unspecified atom stereocenters. The summed E-state index contributed by atoms with van der Waals surface area (Å²) in [6.45, 7) is 7.00. The summed E-state index contributed by atoms with van der Waals surface area (Å²) in [5.74, 6) is 1.08. The first-order valence-electron chi connectivity index (χ1n) is 7.84. The van der Waals surface area contributed by atoms with Gasteiger partial charge in [0.2, 0.25) is 0 Å². The van der Waals surface area contributed by atoms with Gasteiger partial charge in [0.15, 0.2) is 0 Å². The zero-order valence-electron chi connectivity index (χ0n) is 13.1. The van der Waals surface area contributed by atoms with Crippen LogP contribution in [-0.2, 0) is 4.74 Å². The molecule has 21 heavy (non-hydrogen) atoms. The number of ether oxygens (including phenoxy) is 1. The summed E-state index contributed by atoms with van der Waals surface area (Å²) >= 11 is 1.89. The molecule has 1 atom stereocenters. The second kappa shape index (κ2) is 8.18. The average molecular weight is 309 g/mol. The van der Waals surface area contributed by atoms with E-state index >= 15 is 0 Å². The van der Waals surface area contributed by atoms with Gasteiger partial charge in [0, 0.05) is 36.1 Å². The second-order valence-electron chi connectivity index (χ2n) is 5.84. The minimum absolute atomic E-state index is 0.0145. The Hall–Kier alpha value is -0.550. The van der Waals surface area contributed by atoms with Gasteiger partial charge in [0.05, 0.1) is 6.61 Å². The van der Waals surface area contributed by atoms with Gasteiger partial charge in [0.1, 0.15) is 0 Å². The highest BCUT2D eigenvalue weighted by molar-refractivity contribution is 7.99. The number of rotatable bonds is 7. The van der Waals surface area contributed by atoms with Crippen molar-refractivity contribution in [1.82, 2.24) is 5.32 Å². The van der Waals surface area contributed by atoms with E-state index in [1.54, 1.807) is 0 Å². The van der Waals surface area contributed by atoms with E-state index in [0.29, 0.717) is 6.04 Å².